The molecule has 0 saturated carbocycles. The van der Waals surface area contributed by atoms with Gasteiger partial charge < -0.3 is 29.1 Å². The number of amides is 2. The Morgan fingerprint density at radius 3 is 1.44 bits per heavy atom. The molecule has 4 rings (SSSR count). The smallest absolute Gasteiger partial charge is 0.416 e. The number of hydrogen-bond acceptors (Lipinski definition) is 8. The van der Waals surface area contributed by atoms with Crippen LogP contribution in [0.25, 0.3) is 0 Å². The Labute approximate surface area is 392 Å². The minimum absolute atomic E-state index is 0.163. The molecular formula is C46H70F6N6O6S2. The van der Waals surface area contributed by atoms with Gasteiger partial charge in [0.2, 0.25) is 0 Å². The lowest BCUT2D eigenvalue weighted by Crippen LogP contribution is -2.50. The molecule has 2 saturated heterocycles. The van der Waals surface area contributed by atoms with E-state index >= 15 is 0 Å². The van der Waals surface area contributed by atoms with Crippen molar-refractivity contribution in [2.45, 2.75) is 142 Å². The van der Waals surface area contributed by atoms with Gasteiger partial charge >= 0.3 is 24.5 Å². The van der Waals surface area contributed by atoms with Gasteiger partial charge in [0.05, 0.1) is 31.6 Å². The molecule has 12 nitrogen and oxygen atoms in total. The molecule has 0 aromatic heterocycles. The molecule has 0 unspecified atom stereocenters. The highest BCUT2D eigenvalue weighted by Gasteiger charge is 2.36. The van der Waals surface area contributed by atoms with Crippen molar-refractivity contribution in [1.29, 1.82) is 0 Å². The van der Waals surface area contributed by atoms with Gasteiger partial charge in [-0.3, -0.25) is 0 Å². The van der Waals surface area contributed by atoms with Gasteiger partial charge in [-0.15, -0.1) is 0 Å². The topological polar surface area (TPSA) is 124 Å². The summed E-state index contributed by atoms with van der Waals surface area (Å²) in [6.07, 6.45) is -8.04. The molecule has 2 aromatic rings. The van der Waals surface area contributed by atoms with Crippen LogP contribution in [0.1, 0.15) is 132 Å². The van der Waals surface area contributed by atoms with E-state index in [1.54, 1.807) is 72.1 Å². The molecule has 66 heavy (non-hydrogen) atoms. The van der Waals surface area contributed by atoms with E-state index in [0.29, 0.717) is 75.7 Å². The third-order valence-corrected chi connectivity index (χ3v) is 12.9. The average Bonchev–Trinajstić information content (AvgIpc) is 3.17. The van der Waals surface area contributed by atoms with Crippen molar-refractivity contribution in [3.63, 3.8) is 0 Å². The minimum Gasteiger partial charge on any atom is -0.444 e. The number of piperazine rings is 2. The predicted octanol–water partition coefficient (Wildman–Crippen LogP) is 10.5. The highest BCUT2D eigenvalue weighted by Crippen LogP contribution is 2.38. The van der Waals surface area contributed by atoms with Crippen molar-refractivity contribution in [3.8, 4) is 0 Å². The quantitative estimate of drug-likeness (QED) is 0.195. The molecule has 1 N–H and O–H groups in total. The summed E-state index contributed by atoms with van der Waals surface area (Å²) < 4.78 is 123. The van der Waals surface area contributed by atoms with E-state index in [9.17, 15) is 44.3 Å². The van der Waals surface area contributed by atoms with Gasteiger partial charge in [0, 0.05) is 81.6 Å². The van der Waals surface area contributed by atoms with Gasteiger partial charge in [-0.05, 0) is 137 Å². The standard InChI is InChI=1S/C25H40F3N3O3S.C21H30F3N3O3S/c1-17(2)15-20(29-35(33)24(6,7)8)19-16-18(25(26,27)28)9-10-21(19)30-11-13-31(14-12-30)22(32)34-23(3,4)5;1-19(2,3)30-18(28)27-11-9-26(10-12-27)17-8-7-16(21(22,23)24)13-15(17)14-25-31(29)20(4,5)6/h9-10,16-17,20,29H,11-15H2,1-8H3;7-8,13-14H,9-12H2,1-6H3/t20-,35-;31-/m00/s1. The fourth-order valence-electron chi connectivity index (χ4n) is 6.61. The maximum Gasteiger partial charge on any atom is 0.416 e. The number of rotatable bonds is 9. The minimum atomic E-state index is -4.50. The summed E-state index contributed by atoms with van der Waals surface area (Å²) in [4.78, 5) is 31.8. The van der Waals surface area contributed by atoms with Crippen LogP contribution in [0, 0.1) is 5.92 Å². The summed E-state index contributed by atoms with van der Waals surface area (Å²) in [6.45, 7) is 28.7. The van der Waals surface area contributed by atoms with Crippen molar-refractivity contribution in [2.75, 3.05) is 62.2 Å². The lowest BCUT2D eigenvalue weighted by Gasteiger charge is -2.38. The number of ether oxygens (including phenoxy) is 2. The highest BCUT2D eigenvalue weighted by atomic mass is 32.2. The zero-order chi connectivity index (χ0) is 50.4. The molecule has 2 fully saturated rings. The number of nitrogens with one attached hydrogen (secondary N) is 1. The first-order chi connectivity index (χ1) is 30.0. The summed E-state index contributed by atoms with van der Waals surface area (Å²) in [7, 11) is -3.07. The van der Waals surface area contributed by atoms with Crippen LogP contribution in [0.4, 0.5) is 47.3 Å². The fraction of sp³-hybridized carbons (Fsp3) is 0.674. The molecule has 0 spiro atoms. The molecule has 3 atom stereocenters. The van der Waals surface area contributed by atoms with Crippen molar-refractivity contribution in [2.24, 2.45) is 10.3 Å². The van der Waals surface area contributed by atoms with Crippen LogP contribution in [0.3, 0.4) is 0 Å². The Morgan fingerprint density at radius 2 is 1.06 bits per heavy atom. The number of halogens is 6. The van der Waals surface area contributed by atoms with Gasteiger partial charge in [-0.1, -0.05) is 13.8 Å². The highest BCUT2D eigenvalue weighted by molar-refractivity contribution is 7.85. The number of alkyl halides is 6. The second kappa shape index (κ2) is 22.0. The zero-order valence-electron chi connectivity index (χ0n) is 40.8. The van der Waals surface area contributed by atoms with E-state index < -0.39 is 84.4 Å². The fourth-order valence-corrected chi connectivity index (χ4v) is 7.97. The zero-order valence-corrected chi connectivity index (χ0v) is 42.5. The largest absolute Gasteiger partial charge is 0.444 e. The summed E-state index contributed by atoms with van der Waals surface area (Å²) in [6, 6.07) is 6.66. The first-order valence-corrected chi connectivity index (χ1v) is 24.2. The van der Waals surface area contributed by atoms with Crippen molar-refractivity contribution in [1.82, 2.24) is 14.5 Å². The molecule has 2 aromatic carbocycles. The molecular weight excluding hydrogens is 911 g/mol. The first kappa shape index (κ1) is 56.4. The van der Waals surface area contributed by atoms with Crippen LogP contribution < -0.4 is 14.5 Å². The van der Waals surface area contributed by atoms with Crippen LogP contribution in [-0.2, 0) is 43.8 Å². The van der Waals surface area contributed by atoms with Crippen LogP contribution in [0.5, 0.6) is 0 Å². The van der Waals surface area contributed by atoms with E-state index in [1.165, 1.54) is 24.4 Å². The molecule has 2 aliphatic rings. The van der Waals surface area contributed by atoms with Gasteiger partial charge in [0.25, 0.3) is 0 Å². The molecule has 0 radical (unpaired) electrons. The summed E-state index contributed by atoms with van der Waals surface area (Å²) in [5.74, 6) is 0.163. The second-order valence-electron chi connectivity index (χ2n) is 20.7. The monoisotopic (exact) mass is 980 g/mol. The summed E-state index contributed by atoms with van der Waals surface area (Å²) >= 11 is 0. The van der Waals surface area contributed by atoms with E-state index in [-0.39, 0.29) is 11.5 Å². The number of anilines is 2. The SMILES string of the molecule is CC(C)(C)OC(=O)N1CCN(c2ccc(C(F)(F)F)cc2C=N[S@@](=O)C(C)(C)C)CC1.CC(C)C[C@H](N[S@@](=O)C(C)(C)C)c1cc(C(F)(F)F)ccc1N1CCN(C(=O)OC(C)(C)C)CC1. The van der Waals surface area contributed by atoms with Crippen molar-refractivity contribution >= 4 is 51.7 Å². The normalized spacial score (nSPS) is 17.3. The number of hydrogen-bond donors (Lipinski definition) is 1. The Bertz CT molecular complexity index is 2040. The maximum atomic E-state index is 13.6. The van der Waals surface area contributed by atoms with E-state index in [2.05, 4.69) is 9.12 Å². The third-order valence-electron chi connectivity index (χ3n) is 9.95. The van der Waals surface area contributed by atoms with Gasteiger partial charge in [0.15, 0.2) is 0 Å². The van der Waals surface area contributed by atoms with E-state index in [1.807, 2.05) is 44.4 Å². The Balaban J connectivity index is 0.000000353. The van der Waals surface area contributed by atoms with Gasteiger partial charge in [-0.25, -0.2) is 22.7 Å². The Hall–Kier alpha value is -3.91. The number of nitrogens with zero attached hydrogens (tertiary/aromatic N) is 5. The summed E-state index contributed by atoms with van der Waals surface area (Å²) in [5.41, 5.74) is -0.832. The molecule has 2 amide bonds. The average molecular weight is 981 g/mol. The van der Waals surface area contributed by atoms with Crippen molar-refractivity contribution in [3.05, 3.63) is 58.7 Å². The van der Waals surface area contributed by atoms with Crippen LogP contribution in [0.15, 0.2) is 40.8 Å². The van der Waals surface area contributed by atoms with Crippen LogP contribution in [-0.4, -0.2) is 110 Å². The lowest BCUT2D eigenvalue weighted by atomic mass is 9.94. The molecule has 2 aliphatic heterocycles. The first-order valence-electron chi connectivity index (χ1n) is 22.0. The molecule has 374 valence electrons. The number of carbonyl (C=O) groups excluding carboxylic acids is 2. The van der Waals surface area contributed by atoms with Crippen LogP contribution in [0.2, 0.25) is 0 Å². The van der Waals surface area contributed by atoms with Gasteiger partial charge in [0.1, 0.15) is 22.2 Å². The molecule has 0 aliphatic carbocycles. The molecule has 2 heterocycles. The maximum absolute atomic E-state index is 13.6. The van der Waals surface area contributed by atoms with E-state index in [4.69, 9.17) is 9.47 Å². The summed E-state index contributed by atoms with van der Waals surface area (Å²) in [5, 5.41) is 0. The number of benzene rings is 2. The second-order valence-corrected chi connectivity index (χ2v) is 24.7. The Morgan fingerprint density at radius 1 is 0.652 bits per heavy atom. The molecule has 20 heteroatoms. The lowest BCUT2D eigenvalue weighted by molar-refractivity contribution is -0.138. The third kappa shape index (κ3) is 17.6. The van der Waals surface area contributed by atoms with Gasteiger partial charge in [-0.2, -0.15) is 30.7 Å². The van der Waals surface area contributed by atoms with E-state index in [0.717, 1.165) is 18.2 Å². The Kier molecular flexibility index (Phi) is 18.8. The molecule has 0 bridgehead atoms. The number of carbonyl (C=O) groups is 2. The van der Waals surface area contributed by atoms with Crippen molar-refractivity contribution < 1.29 is 53.8 Å². The van der Waals surface area contributed by atoms with Crippen LogP contribution >= 0.6 is 0 Å². The predicted molar refractivity (Wildman–Crippen MR) is 252 cm³/mol.